The van der Waals surface area contributed by atoms with Crippen molar-refractivity contribution in [3.63, 3.8) is 0 Å². The van der Waals surface area contributed by atoms with E-state index in [0.717, 1.165) is 36.1 Å². The topological polar surface area (TPSA) is 58.5 Å². The van der Waals surface area contributed by atoms with Gasteiger partial charge in [0.15, 0.2) is 5.78 Å². The molecule has 5 rings (SSSR count). The minimum atomic E-state index is -0.0322. The molecule has 5 heteroatoms. The fourth-order valence-electron chi connectivity index (χ4n) is 4.90. The summed E-state index contributed by atoms with van der Waals surface area (Å²) in [5, 5.41) is 6.36. The Morgan fingerprint density at radius 2 is 1.79 bits per heavy atom. The SMILES string of the molecule is CC1CC(=O)NN=C1c1ccc(CC2=C(Cc3cccc(-c4cccs4)c3)C(=O)CCC2)cc1. The van der Waals surface area contributed by atoms with Gasteiger partial charge >= 0.3 is 0 Å². The minimum absolute atomic E-state index is 0.0322. The van der Waals surface area contributed by atoms with Crippen molar-refractivity contribution < 1.29 is 9.59 Å². The van der Waals surface area contributed by atoms with Gasteiger partial charge in [0, 0.05) is 30.1 Å². The lowest BCUT2D eigenvalue weighted by Gasteiger charge is -2.21. The molecular formula is C29H28N2O2S. The molecule has 2 heterocycles. The van der Waals surface area contributed by atoms with Crippen LogP contribution < -0.4 is 5.43 Å². The van der Waals surface area contributed by atoms with Crippen molar-refractivity contribution in [2.45, 2.75) is 45.4 Å². The predicted molar refractivity (Wildman–Crippen MR) is 138 cm³/mol. The highest BCUT2D eigenvalue weighted by Crippen LogP contribution is 2.30. The normalized spacial score (nSPS) is 18.6. The van der Waals surface area contributed by atoms with Gasteiger partial charge in [-0.2, -0.15) is 5.10 Å². The molecule has 1 amide bonds. The number of carbonyl (C=O) groups is 2. The fraction of sp³-hybridized carbons (Fsp3) is 0.276. The van der Waals surface area contributed by atoms with E-state index < -0.39 is 0 Å². The number of benzene rings is 2. The third-order valence-corrected chi connectivity index (χ3v) is 7.60. The molecule has 1 N–H and O–H groups in total. The second-order valence-electron chi connectivity index (χ2n) is 9.22. The van der Waals surface area contributed by atoms with Crippen molar-refractivity contribution in [1.82, 2.24) is 5.43 Å². The number of carbonyl (C=O) groups excluding carboxylic acids is 2. The first kappa shape index (κ1) is 22.5. The zero-order valence-corrected chi connectivity index (χ0v) is 20.2. The van der Waals surface area contributed by atoms with Crippen LogP contribution in [0.25, 0.3) is 10.4 Å². The zero-order valence-electron chi connectivity index (χ0n) is 19.3. The van der Waals surface area contributed by atoms with Crippen LogP contribution in [0, 0.1) is 5.92 Å². The highest BCUT2D eigenvalue weighted by Gasteiger charge is 2.23. The number of rotatable bonds is 6. The molecule has 1 unspecified atom stereocenters. The first-order chi connectivity index (χ1) is 16.6. The van der Waals surface area contributed by atoms with Crippen LogP contribution in [0.1, 0.15) is 49.3 Å². The van der Waals surface area contributed by atoms with E-state index in [4.69, 9.17) is 0 Å². The largest absolute Gasteiger partial charge is 0.295 e. The van der Waals surface area contributed by atoms with Crippen molar-refractivity contribution >= 4 is 28.7 Å². The molecule has 1 aromatic heterocycles. The van der Waals surface area contributed by atoms with Crippen molar-refractivity contribution in [2.75, 3.05) is 0 Å². The van der Waals surface area contributed by atoms with Crippen LogP contribution in [-0.4, -0.2) is 17.4 Å². The monoisotopic (exact) mass is 468 g/mol. The van der Waals surface area contributed by atoms with Gasteiger partial charge in [0.25, 0.3) is 0 Å². The number of Topliss-reactive ketones (excluding diaryl/α,β-unsaturated/α-hetero) is 1. The van der Waals surface area contributed by atoms with Crippen molar-refractivity contribution in [3.8, 4) is 10.4 Å². The molecule has 2 aliphatic rings. The zero-order chi connectivity index (χ0) is 23.5. The van der Waals surface area contributed by atoms with Crippen molar-refractivity contribution in [3.05, 3.63) is 93.9 Å². The Kier molecular flexibility index (Phi) is 6.54. The summed E-state index contributed by atoms with van der Waals surface area (Å²) in [5.74, 6) is 0.366. The van der Waals surface area contributed by atoms with E-state index in [2.05, 4.69) is 76.6 Å². The molecule has 0 bridgehead atoms. The average molecular weight is 469 g/mol. The Bertz CT molecular complexity index is 1270. The summed E-state index contributed by atoms with van der Waals surface area (Å²) in [6.07, 6.45) is 4.50. The average Bonchev–Trinajstić information content (AvgIpc) is 3.38. The van der Waals surface area contributed by atoms with Gasteiger partial charge in [-0.15, -0.1) is 11.3 Å². The molecule has 0 spiro atoms. The molecule has 0 saturated heterocycles. The number of nitrogens with zero attached hydrogens (tertiary/aromatic N) is 1. The summed E-state index contributed by atoms with van der Waals surface area (Å²) >= 11 is 1.74. The standard InChI is InChI=1S/C29H28N2O2S/c1-19-15-28(33)30-31-29(19)22-12-10-20(11-13-22)16-23-6-3-8-26(32)25(23)18-21-5-2-7-24(17-21)27-9-4-14-34-27/h2,4-5,7,9-14,17,19H,3,6,8,15-16,18H2,1H3,(H,30,33). The van der Waals surface area contributed by atoms with Crippen LogP contribution in [0.2, 0.25) is 0 Å². The molecule has 172 valence electrons. The van der Waals surface area contributed by atoms with Gasteiger partial charge in [0.05, 0.1) is 5.71 Å². The van der Waals surface area contributed by atoms with Crippen LogP contribution in [0.4, 0.5) is 0 Å². The lowest BCUT2D eigenvalue weighted by molar-refractivity contribution is -0.122. The summed E-state index contributed by atoms with van der Waals surface area (Å²) < 4.78 is 0. The number of hydrogen-bond donors (Lipinski definition) is 1. The first-order valence-corrected chi connectivity index (χ1v) is 12.8. The minimum Gasteiger partial charge on any atom is -0.295 e. The molecule has 1 aliphatic heterocycles. The highest BCUT2D eigenvalue weighted by molar-refractivity contribution is 7.13. The van der Waals surface area contributed by atoms with Crippen LogP contribution in [0.3, 0.4) is 0 Å². The molecule has 3 aromatic rings. The van der Waals surface area contributed by atoms with E-state index in [1.165, 1.54) is 27.1 Å². The molecule has 34 heavy (non-hydrogen) atoms. The number of hydrogen-bond acceptors (Lipinski definition) is 4. The van der Waals surface area contributed by atoms with E-state index in [9.17, 15) is 9.59 Å². The Morgan fingerprint density at radius 3 is 2.56 bits per heavy atom. The Hall–Kier alpha value is -3.31. The quantitative estimate of drug-likeness (QED) is 0.474. The van der Waals surface area contributed by atoms with Gasteiger partial charge in [-0.1, -0.05) is 67.1 Å². The Morgan fingerprint density at radius 1 is 0.941 bits per heavy atom. The molecule has 0 radical (unpaired) electrons. The molecule has 0 fully saturated rings. The fourth-order valence-corrected chi connectivity index (χ4v) is 5.63. The van der Waals surface area contributed by atoms with Gasteiger partial charge in [-0.3, -0.25) is 9.59 Å². The number of allylic oxidation sites excluding steroid dienone is 2. The van der Waals surface area contributed by atoms with E-state index >= 15 is 0 Å². The maximum absolute atomic E-state index is 12.9. The van der Waals surface area contributed by atoms with E-state index in [-0.39, 0.29) is 11.8 Å². The number of hydrazone groups is 1. The first-order valence-electron chi connectivity index (χ1n) is 11.9. The van der Waals surface area contributed by atoms with Crippen LogP contribution >= 0.6 is 11.3 Å². The van der Waals surface area contributed by atoms with E-state index in [0.29, 0.717) is 25.0 Å². The molecule has 1 atom stereocenters. The van der Waals surface area contributed by atoms with E-state index in [1.54, 1.807) is 11.3 Å². The Balaban J connectivity index is 1.37. The molecule has 4 nitrogen and oxygen atoms in total. The summed E-state index contributed by atoms with van der Waals surface area (Å²) in [7, 11) is 0. The molecule has 0 saturated carbocycles. The highest BCUT2D eigenvalue weighted by atomic mass is 32.1. The van der Waals surface area contributed by atoms with Gasteiger partial charge in [0.1, 0.15) is 0 Å². The van der Waals surface area contributed by atoms with Gasteiger partial charge in [-0.05, 0) is 58.5 Å². The number of nitrogens with one attached hydrogen (secondary N) is 1. The second kappa shape index (κ2) is 9.90. The summed E-state index contributed by atoms with van der Waals surface area (Å²) in [6.45, 7) is 2.03. The van der Waals surface area contributed by atoms with E-state index in [1.807, 2.05) is 6.92 Å². The summed E-state index contributed by atoms with van der Waals surface area (Å²) in [6, 6.07) is 21.2. The molecular weight excluding hydrogens is 440 g/mol. The maximum Gasteiger partial charge on any atom is 0.240 e. The molecule has 1 aliphatic carbocycles. The number of ketones is 1. The van der Waals surface area contributed by atoms with Crippen molar-refractivity contribution in [1.29, 1.82) is 0 Å². The smallest absolute Gasteiger partial charge is 0.240 e. The lowest BCUT2D eigenvalue weighted by atomic mass is 9.83. The summed E-state index contributed by atoms with van der Waals surface area (Å²) in [5.41, 5.74) is 10.4. The van der Waals surface area contributed by atoms with Crippen LogP contribution in [0.5, 0.6) is 0 Å². The number of amides is 1. The second-order valence-corrected chi connectivity index (χ2v) is 10.2. The number of thiophene rings is 1. The van der Waals surface area contributed by atoms with Gasteiger partial charge < -0.3 is 0 Å². The molecule has 2 aromatic carbocycles. The summed E-state index contributed by atoms with van der Waals surface area (Å²) in [4.78, 5) is 25.7. The Labute approximate surface area is 204 Å². The predicted octanol–water partition coefficient (Wildman–Crippen LogP) is 6.11. The van der Waals surface area contributed by atoms with Crippen LogP contribution in [0.15, 0.2) is 82.3 Å². The van der Waals surface area contributed by atoms with Crippen LogP contribution in [-0.2, 0) is 22.4 Å². The third-order valence-electron chi connectivity index (χ3n) is 6.69. The van der Waals surface area contributed by atoms with Gasteiger partial charge in [-0.25, -0.2) is 5.43 Å². The van der Waals surface area contributed by atoms with Crippen molar-refractivity contribution in [2.24, 2.45) is 11.0 Å². The third kappa shape index (κ3) is 4.95. The maximum atomic E-state index is 12.9. The van der Waals surface area contributed by atoms with Gasteiger partial charge in [0.2, 0.25) is 5.91 Å². The lowest BCUT2D eigenvalue weighted by Crippen LogP contribution is -2.31.